The van der Waals surface area contributed by atoms with Gasteiger partial charge < -0.3 is 10.7 Å². The Labute approximate surface area is 208 Å². The van der Waals surface area contributed by atoms with Crippen LogP contribution in [0.5, 0.6) is 0 Å². The van der Waals surface area contributed by atoms with Crippen molar-refractivity contribution in [2.45, 2.75) is 0 Å². The highest BCUT2D eigenvalue weighted by Crippen LogP contribution is 2.37. The first kappa shape index (κ1) is 22.5. The number of imide groups is 1. The van der Waals surface area contributed by atoms with Crippen molar-refractivity contribution >= 4 is 55.8 Å². The Balaban J connectivity index is 0.000000145. The first-order valence-corrected chi connectivity index (χ1v) is 12.3. The van der Waals surface area contributed by atoms with Crippen LogP contribution in [0.3, 0.4) is 0 Å². The predicted molar refractivity (Wildman–Crippen MR) is 144 cm³/mol. The molecule has 4 heterocycles. The van der Waals surface area contributed by atoms with E-state index in [0.717, 1.165) is 25.6 Å². The minimum Gasteiger partial charge on any atom is -0.396 e. The number of nitrogens with two attached hydrogens (primary N) is 1. The number of anilines is 1. The molecule has 1 aliphatic heterocycles. The van der Waals surface area contributed by atoms with Crippen LogP contribution < -0.4 is 16.6 Å². The second-order valence-corrected chi connectivity index (χ2v) is 9.88. The molecule has 6 nitrogen and oxygen atoms in total. The van der Waals surface area contributed by atoms with Crippen LogP contribution in [0.4, 0.5) is 5.69 Å². The zero-order valence-electron chi connectivity index (χ0n) is 18.3. The molecule has 0 spiro atoms. The Morgan fingerprint density at radius 1 is 0.771 bits per heavy atom. The summed E-state index contributed by atoms with van der Waals surface area (Å²) in [6.07, 6.45) is 1.55. The third-order valence-corrected chi connectivity index (χ3v) is 7.94. The van der Waals surface area contributed by atoms with Gasteiger partial charge in [0.1, 0.15) is 0 Å². The van der Waals surface area contributed by atoms with Gasteiger partial charge in [-0.15, -0.1) is 22.7 Å². The summed E-state index contributed by atoms with van der Waals surface area (Å²) < 4.78 is 0.854. The minimum atomic E-state index is -0.408. The number of pyridine rings is 1. The second-order valence-electron chi connectivity index (χ2n) is 7.77. The van der Waals surface area contributed by atoms with Crippen molar-refractivity contribution in [1.29, 1.82) is 0 Å². The highest BCUT2D eigenvalue weighted by molar-refractivity contribution is 7.22. The monoisotopic (exact) mass is 497 g/mol. The summed E-state index contributed by atoms with van der Waals surface area (Å²) in [4.78, 5) is 40.2. The van der Waals surface area contributed by atoms with Gasteiger partial charge in [0.15, 0.2) is 0 Å². The Kier molecular flexibility index (Phi) is 5.90. The summed E-state index contributed by atoms with van der Waals surface area (Å²) in [6.45, 7) is 3.72. The molecule has 35 heavy (non-hydrogen) atoms. The molecule has 4 N–H and O–H groups in total. The third-order valence-electron chi connectivity index (χ3n) is 5.47. The molecule has 1 aliphatic rings. The van der Waals surface area contributed by atoms with Gasteiger partial charge in [0.05, 0.1) is 31.8 Å². The van der Waals surface area contributed by atoms with Crippen LogP contribution in [-0.4, -0.2) is 16.8 Å². The van der Waals surface area contributed by atoms with E-state index < -0.39 is 5.91 Å². The molecule has 3 aromatic heterocycles. The first-order valence-electron chi connectivity index (χ1n) is 10.6. The van der Waals surface area contributed by atoms with Gasteiger partial charge in [0.2, 0.25) is 0 Å². The molecule has 2 aromatic carbocycles. The number of carbonyl (C=O) groups is 2. The lowest BCUT2D eigenvalue weighted by molar-refractivity contribution is -0.114. The van der Waals surface area contributed by atoms with E-state index in [2.05, 4.69) is 16.9 Å². The molecule has 0 saturated carbocycles. The standard InChI is InChI=1S/C14H9NO2S.C13H10N2OS/c1-8-12-10(14(17)15-13(8)16)7-11(18-12)9-5-3-2-4-6-9;14-10-7-15-13(16)9-6-11(17-12(9)10)8-4-2-1-3-5-8/h2-7H,1H2,(H,15,16,17);1-7H,14H2,(H,15,16). The fourth-order valence-electron chi connectivity index (χ4n) is 3.68. The van der Waals surface area contributed by atoms with Crippen molar-refractivity contribution in [3.05, 3.63) is 106 Å². The maximum absolute atomic E-state index is 11.7. The number of aromatic nitrogens is 1. The SMILES string of the molecule is C=C1C(=O)NC(=O)c2cc(-c3ccccc3)sc21.Nc1c[nH]c(=O)c2cc(-c3ccccc3)sc12. The third kappa shape index (κ3) is 4.32. The van der Waals surface area contributed by atoms with E-state index in [1.807, 2.05) is 72.8 Å². The van der Waals surface area contributed by atoms with Crippen LogP contribution in [0.25, 0.3) is 36.5 Å². The van der Waals surface area contributed by atoms with Crippen LogP contribution in [0.2, 0.25) is 0 Å². The lowest BCUT2D eigenvalue weighted by Gasteiger charge is -2.12. The number of nitrogen functional groups attached to an aromatic ring is 1. The number of rotatable bonds is 2. The van der Waals surface area contributed by atoms with Crippen molar-refractivity contribution in [3.8, 4) is 20.9 Å². The Morgan fingerprint density at radius 2 is 1.37 bits per heavy atom. The quantitative estimate of drug-likeness (QED) is 0.220. The average Bonchev–Trinajstić information content (AvgIpc) is 3.54. The van der Waals surface area contributed by atoms with Gasteiger partial charge in [-0.1, -0.05) is 67.2 Å². The molecule has 2 amide bonds. The van der Waals surface area contributed by atoms with E-state index in [0.29, 0.717) is 27.1 Å². The molecule has 0 saturated heterocycles. The molecule has 5 aromatic rings. The first-order chi connectivity index (χ1) is 16.9. The van der Waals surface area contributed by atoms with Crippen molar-refractivity contribution in [2.24, 2.45) is 0 Å². The van der Waals surface area contributed by atoms with Gasteiger partial charge >= 0.3 is 0 Å². The number of aromatic amines is 1. The normalized spacial score (nSPS) is 12.6. The summed E-state index contributed by atoms with van der Waals surface area (Å²) in [6, 6.07) is 23.4. The number of H-pyrrole nitrogens is 1. The van der Waals surface area contributed by atoms with E-state index in [1.54, 1.807) is 17.5 Å². The largest absolute Gasteiger partial charge is 0.396 e. The maximum Gasteiger partial charge on any atom is 0.259 e. The fraction of sp³-hybridized carbons (Fsp3) is 0. The predicted octanol–water partition coefficient (Wildman–Crippen LogP) is 5.54. The average molecular weight is 498 g/mol. The van der Waals surface area contributed by atoms with Crippen molar-refractivity contribution in [2.75, 3.05) is 5.73 Å². The summed E-state index contributed by atoms with van der Waals surface area (Å²) in [5.41, 5.74) is 9.41. The van der Waals surface area contributed by atoms with E-state index >= 15 is 0 Å². The fourth-order valence-corrected chi connectivity index (χ4v) is 5.90. The van der Waals surface area contributed by atoms with Gasteiger partial charge in [0.25, 0.3) is 17.4 Å². The molecular weight excluding hydrogens is 478 g/mol. The lowest BCUT2D eigenvalue weighted by Crippen LogP contribution is -2.35. The zero-order valence-corrected chi connectivity index (χ0v) is 20.0. The topological polar surface area (TPSA) is 105 Å². The minimum absolute atomic E-state index is 0.0902. The van der Waals surface area contributed by atoms with Crippen LogP contribution in [-0.2, 0) is 4.79 Å². The molecule has 0 aliphatic carbocycles. The van der Waals surface area contributed by atoms with E-state index in [1.165, 1.54) is 11.3 Å². The molecule has 0 bridgehead atoms. The van der Waals surface area contributed by atoms with E-state index in [-0.39, 0.29) is 11.5 Å². The zero-order chi connectivity index (χ0) is 24.5. The van der Waals surface area contributed by atoms with Gasteiger partial charge in [-0.05, 0) is 23.3 Å². The number of hydrogen-bond acceptors (Lipinski definition) is 6. The number of thiophene rings is 2. The van der Waals surface area contributed by atoms with Gasteiger partial charge in [-0.2, -0.15) is 0 Å². The molecular formula is C27H19N3O3S2. The van der Waals surface area contributed by atoms with Crippen LogP contribution in [0, 0.1) is 0 Å². The van der Waals surface area contributed by atoms with Crippen molar-refractivity contribution in [1.82, 2.24) is 10.3 Å². The summed E-state index contributed by atoms with van der Waals surface area (Å²) in [7, 11) is 0. The molecule has 0 radical (unpaired) electrons. The second kappa shape index (κ2) is 9.17. The molecule has 8 heteroatoms. The van der Waals surface area contributed by atoms with Crippen LogP contribution in [0.15, 0.2) is 90.4 Å². The van der Waals surface area contributed by atoms with E-state index in [9.17, 15) is 14.4 Å². The Bertz CT molecular complexity index is 1650. The maximum atomic E-state index is 11.7. The number of benzene rings is 2. The summed E-state index contributed by atoms with van der Waals surface area (Å²) in [5.74, 6) is -0.755. The highest BCUT2D eigenvalue weighted by atomic mass is 32.1. The molecule has 0 atom stereocenters. The van der Waals surface area contributed by atoms with Gasteiger partial charge in [0, 0.05) is 16.0 Å². The number of amides is 2. The van der Waals surface area contributed by atoms with Crippen molar-refractivity contribution < 1.29 is 9.59 Å². The summed E-state index contributed by atoms with van der Waals surface area (Å²) in [5, 5.41) is 2.94. The number of hydrogen-bond donors (Lipinski definition) is 3. The number of carbonyl (C=O) groups excluding carboxylic acids is 2. The number of nitrogens with one attached hydrogen (secondary N) is 2. The van der Waals surface area contributed by atoms with Crippen LogP contribution >= 0.6 is 22.7 Å². The molecule has 0 unspecified atom stereocenters. The lowest BCUT2D eigenvalue weighted by atomic mass is 10.1. The Hall–Kier alpha value is -4.27. The molecule has 172 valence electrons. The summed E-state index contributed by atoms with van der Waals surface area (Å²) >= 11 is 2.97. The van der Waals surface area contributed by atoms with Crippen molar-refractivity contribution in [3.63, 3.8) is 0 Å². The molecule has 0 fully saturated rings. The smallest absolute Gasteiger partial charge is 0.259 e. The Morgan fingerprint density at radius 3 is 1.97 bits per heavy atom. The highest BCUT2D eigenvalue weighted by Gasteiger charge is 2.28. The van der Waals surface area contributed by atoms with Gasteiger partial charge in [-0.25, -0.2) is 0 Å². The van der Waals surface area contributed by atoms with E-state index in [4.69, 9.17) is 5.73 Å². The van der Waals surface area contributed by atoms with Crippen LogP contribution in [0.1, 0.15) is 15.2 Å². The molecule has 6 rings (SSSR count). The van der Waals surface area contributed by atoms with Gasteiger partial charge in [-0.3, -0.25) is 19.7 Å². The number of fused-ring (bicyclic) bond motifs is 2.